The van der Waals surface area contributed by atoms with Gasteiger partial charge < -0.3 is 10.1 Å². The van der Waals surface area contributed by atoms with Crippen molar-refractivity contribution in [3.63, 3.8) is 0 Å². The molecule has 1 fully saturated rings. The monoisotopic (exact) mass is 329 g/mol. The van der Waals surface area contributed by atoms with Gasteiger partial charge in [-0.05, 0) is 43.4 Å². The van der Waals surface area contributed by atoms with Crippen LogP contribution in [-0.2, 0) is 4.74 Å². The third-order valence-corrected chi connectivity index (χ3v) is 4.55. The third kappa shape index (κ3) is 3.77. The Morgan fingerprint density at radius 2 is 2.32 bits per heavy atom. The molecule has 0 radical (unpaired) electrons. The number of halogens is 2. The van der Waals surface area contributed by atoms with E-state index >= 15 is 0 Å². The van der Waals surface area contributed by atoms with Gasteiger partial charge in [-0.25, -0.2) is 4.39 Å². The zero-order valence-corrected chi connectivity index (χ0v) is 13.0. The van der Waals surface area contributed by atoms with Gasteiger partial charge >= 0.3 is 0 Å². The highest BCUT2D eigenvalue weighted by atomic mass is 79.9. The summed E-state index contributed by atoms with van der Waals surface area (Å²) >= 11 is 3.42. The number of rotatable bonds is 5. The molecule has 3 atom stereocenters. The van der Waals surface area contributed by atoms with Crippen molar-refractivity contribution < 1.29 is 9.13 Å². The second-order valence-electron chi connectivity index (χ2n) is 5.16. The molecule has 4 heteroatoms. The summed E-state index contributed by atoms with van der Waals surface area (Å²) in [5, 5.41) is 3.53. The van der Waals surface area contributed by atoms with E-state index in [1.807, 2.05) is 6.07 Å². The minimum atomic E-state index is -0.210. The molecule has 0 amide bonds. The summed E-state index contributed by atoms with van der Waals surface area (Å²) in [4.78, 5) is 0. The largest absolute Gasteiger partial charge is 0.378 e. The van der Waals surface area contributed by atoms with Crippen molar-refractivity contribution >= 4 is 15.9 Å². The minimum Gasteiger partial charge on any atom is -0.378 e. The molecule has 0 bridgehead atoms. The maximum atomic E-state index is 13.1. The first kappa shape index (κ1) is 14.9. The van der Waals surface area contributed by atoms with Crippen LogP contribution in [0.3, 0.4) is 0 Å². The minimum absolute atomic E-state index is 0.202. The Labute approximate surface area is 122 Å². The van der Waals surface area contributed by atoms with Gasteiger partial charge in [0, 0.05) is 23.7 Å². The van der Waals surface area contributed by atoms with Crippen molar-refractivity contribution in [3.05, 3.63) is 34.1 Å². The summed E-state index contributed by atoms with van der Waals surface area (Å²) in [6.45, 7) is 6.10. The summed E-state index contributed by atoms with van der Waals surface area (Å²) in [7, 11) is 0. The summed E-state index contributed by atoms with van der Waals surface area (Å²) in [5.41, 5.74) is 1.09. The Balaban J connectivity index is 1.92. The molecule has 0 aliphatic carbocycles. The first-order valence-corrected chi connectivity index (χ1v) is 7.71. The summed E-state index contributed by atoms with van der Waals surface area (Å²) in [5.74, 6) is 0.379. The maximum absolute atomic E-state index is 13.1. The molecule has 2 nitrogen and oxygen atoms in total. The molecule has 1 saturated heterocycles. The Kier molecular flexibility index (Phi) is 5.37. The molecule has 19 heavy (non-hydrogen) atoms. The Bertz CT molecular complexity index is 427. The van der Waals surface area contributed by atoms with E-state index < -0.39 is 0 Å². The van der Waals surface area contributed by atoms with Crippen molar-refractivity contribution in [2.45, 2.75) is 38.8 Å². The molecule has 1 heterocycles. The second-order valence-corrected chi connectivity index (χ2v) is 6.02. The van der Waals surface area contributed by atoms with Gasteiger partial charge in [-0.15, -0.1) is 0 Å². The summed E-state index contributed by atoms with van der Waals surface area (Å²) in [6.07, 6.45) is 2.58. The molecule has 106 valence electrons. The van der Waals surface area contributed by atoms with Crippen molar-refractivity contribution in [2.24, 2.45) is 5.92 Å². The fraction of sp³-hybridized carbons (Fsp3) is 0.600. The highest BCUT2D eigenvalue weighted by molar-refractivity contribution is 9.10. The van der Waals surface area contributed by atoms with E-state index in [1.54, 1.807) is 0 Å². The Hall–Kier alpha value is -0.450. The number of hydrogen-bond donors (Lipinski definition) is 1. The highest BCUT2D eigenvalue weighted by Gasteiger charge is 2.26. The van der Waals surface area contributed by atoms with Crippen LogP contribution in [0.15, 0.2) is 22.7 Å². The first-order valence-electron chi connectivity index (χ1n) is 6.91. The molecular weight excluding hydrogens is 309 g/mol. The molecule has 0 aromatic heterocycles. The van der Waals surface area contributed by atoms with Crippen molar-refractivity contribution in [2.75, 3.05) is 13.2 Å². The molecule has 1 N–H and O–H groups in total. The molecule has 0 saturated carbocycles. The van der Waals surface area contributed by atoms with Gasteiger partial charge in [0.1, 0.15) is 5.82 Å². The molecule has 1 aromatic rings. The van der Waals surface area contributed by atoms with Crippen LogP contribution in [0.1, 0.15) is 38.3 Å². The lowest BCUT2D eigenvalue weighted by Crippen LogP contribution is -2.30. The van der Waals surface area contributed by atoms with Crippen molar-refractivity contribution in [1.29, 1.82) is 0 Å². The van der Waals surface area contributed by atoms with Gasteiger partial charge in [0.2, 0.25) is 0 Å². The molecule has 0 spiro atoms. The molecule has 3 unspecified atom stereocenters. The lowest BCUT2D eigenvalue weighted by molar-refractivity contribution is 0.0867. The predicted molar refractivity (Wildman–Crippen MR) is 78.7 cm³/mol. The highest BCUT2D eigenvalue weighted by Crippen LogP contribution is 2.26. The average Bonchev–Trinajstić information content (AvgIpc) is 2.83. The normalized spacial score (nSPS) is 24.6. The smallest absolute Gasteiger partial charge is 0.124 e. The van der Waals surface area contributed by atoms with Crippen LogP contribution in [0.2, 0.25) is 0 Å². The van der Waals surface area contributed by atoms with Gasteiger partial charge in [-0.2, -0.15) is 0 Å². The summed E-state index contributed by atoms with van der Waals surface area (Å²) < 4.78 is 19.6. The number of ether oxygens (including phenoxy) is 1. The number of benzene rings is 1. The Morgan fingerprint density at radius 3 is 3.00 bits per heavy atom. The van der Waals surface area contributed by atoms with E-state index in [0.29, 0.717) is 12.0 Å². The van der Waals surface area contributed by atoms with E-state index in [1.165, 1.54) is 12.1 Å². The topological polar surface area (TPSA) is 21.3 Å². The van der Waals surface area contributed by atoms with Gasteiger partial charge in [0.05, 0.1) is 6.10 Å². The molecule has 1 aliphatic heterocycles. The van der Waals surface area contributed by atoms with Crippen LogP contribution < -0.4 is 5.32 Å². The van der Waals surface area contributed by atoms with Crippen LogP contribution in [-0.4, -0.2) is 19.3 Å². The van der Waals surface area contributed by atoms with Crippen molar-refractivity contribution in [1.82, 2.24) is 5.32 Å². The SMILES string of the molecule is CCC1OCCC1CNC(C)c1ccc(F)cc1Br. The van der Waals surface area contributed by atoms with Gasteiger partial charge in [0.15, 0.2) is 0 Å². The molecule has 1 aromatic carbocycles. The standard InChI is InChI=1S/C15H21BrFNO/c1-3-15-11(6-7-19-15)9-18-10(2)13-5-4-12(17)8-14(13)16/h4-5,8,10-11,15,18H,3,6-7,9H2,1-2H3. The first-order chi connectivity index (χ1) is 9.11. The van der Waals surface area contributed by atoms with Crippen LogP contribution in [0, 0.1) is 11.7 Å². The third-order valence-electron chi connectivity index (χ3n) is 3.86. The maximum Gasteiger partial charge on any atom is 0.124 e. The predicted octanol–water partition coefficient (Wildman–Crippen LogP) is 4.05. The second kappa shape index (κ2) is 6.82. The lowest BCUT2D eigenvalue weighted by Gasteiger charge is -2.21. The lowest BCUT2D eigenvalue weighted by atomic mass is 9.98. The molecule has 1 aliphatic rings. The quantitative estimate of drug-likeness (QED) is 0.879. The van der Waals surface area contributed by atoms with Crippen molar-refractivity contribution in [3.8, 4) is 0 Å². The average molecular weight is 330 g/mol. The summed E-state index contributed by atoms with van der Waals surface area (Å²) in [6, 6.07) is 5.06. The van der Waals surface area contributed by atoms with Gasteiger partial charge in [0.25, 0.3) is 0 Å². The van der Waals surface area contributed by atoms with E-state index in [0.717, 1.165) is 36.0 Å². The van der Waals surface area contributed by atoms with E-state index in [4.69, 9.17) is 4.74 Å². The molecule has 2 rings (SSSR count). The van der Waals surface area contributed by atoms with Crippen LogP contribution >= 0.6 is 15.9 Å². The van der Waals surface area contributed by atoms with Crippen LogP contribution in [0.25, 0.3) is 0 Å². The number of nitrogens with one attached hydrogen (secondary N) is 1. The van der Waals surface area contributed by atoms with Crippen LogP contribution in [0.4, 0.5) is 4.39 Å². The fourth-order valence-electron chi connectivity index (χ4n) is 2.67. The van der Waals surface area contributed by atoms with E-state index in [2.05, 4.69) is 35.1 Å². The van der Waals surface area contributed by atoms with Crippen LogP contribution in [0.5, 0.6) is 0 Å². The van der Waals surface area contributed by atoms with E-state index in [-0.39, 0.29) is 11.9 Å². The van der Waals surface area contributed by atoms with E-state index in [9.17, 15) is 4.39 Å². The Morgan fingerprint density at radius 1 is 1.53 bits per heavy atom. The number of hydrogen-bond acceptors (Lipinski definition) is 2. The van der Waals surface area contributed by atoms with Gasteiger partial charge in [-0.1, -0.05) is 28.9 Å². The fourth-order valence-corrected chi connectivity index (χ4v) is 3.36. The zero-order chi connectivity index (χ0) is 13.8. The zero-order valence-electron chi connectivity index (χ0n) is 11.5. The molecular formula is C15H21BrFNO. The van der Waals surface area contributed by atoms with Gasteiger partial charge in [-0.3, -0.25) is 0 Å².